The summed E-state index contributed by atoms with van der Waals surface area (Å²) in [4.78, 5) is 11.5. The summed E-state index contributed by atoms with van der Waals surface area (Å²) >= 11 is 0. The second-order valence-electron chi connectivity index (χ2n) is 3.98. The van der Waals surface area contributed by atoms with E-state index in [-0.39, 0.29) is 30.3 Å². The molecule has 1 aromatic carbocycles. The summed E-state index contributed by atoms with van der Waals surface area (Å²) in [5, 5.41) is 5.68. The lowest BCUT2D eigenvalue weighted by molar-refractivity contribution is -0.120. The summed E-state index contributed by atoms with van der Waals surface area (Å²) in [5.41, 5.74) is 0.0600. The van der Waals surface area contributed by atoms with E-state index in [1.807, 2.05) is 0 Å². The summed E-state index contributed by atoms with van der Waals surface area (Å²) < 4.78 is 31.1. The highest BCUT2D eigenvalue weighted by Crippen LogP contribution is 2.11. The Morgan fingerprint density at radius 1 is 1.25 bits per heavy atom. The Labute approximate surface area is 123 Å². The van der Waals surface area contributed by atoms with Crippen LogP contribution in [-0.2, 0) is 16.0 Å². The van der Waals surface area contributed by atoms with Crippen molar-refractivity contribution in [2.45, 2.75) is 6.42 Å². The van der Waals surface area contributed by atoms with Crippen LogP contribution in [0.25, 0.3) is 0 Å². The molecular formula is C13H19ClF2N2O2. The normalized spacial score (nSPS) is 9.95. The van der Waals surface area contributed by atoms with E-state index in [0.717, 1.165) is 6.07 Å². The van der Waals surface area contributed by atoms with Gasteiger partial charge in [0.05, 0.1) is 13.0 Å². The Morgan fingerprint density at radius 3 is 2.70 bits per heavy atom. The molecule has 1 amide bonds. The number of nitrogens with one attached hydrogen (secondary N) is 2. The van der Waals surface area contributed by atoms with Gasteiger partial charge in [-0.15, -0.1) is 12.4 Å². The highest BCUT2D eigenvalue weighted by Gasteiger charge is 2.10. The van der Waals surface area contributed by atoms with Crippen LogP contribution in [0, 0.1) is 11.6 Å². The number of ether oxygens (including phenoxy) is 1. The highest BCUT2D eigenvalue weighted by molar-refractivity contribution is 5.85. The number of benzene rings is 1. The van der Waals surface area contributed by atoms with Crippen LogP contribution in [0.5, 0.6) is 0 Å². The van der Waals surface area contributed by atoms with Crippen molar-refractivity contribution in [2.75, 3.05) is 33.4 Å². The van der Waals surface area contributed by atoms with Crippen LogP contribution < -0.4 is 10.6 Å². The molecule has 0 aliphatic carbocycles. The van der Waals surface area contributed by atoms with Gasteiger partial charge in [0.15, 0.2) is 11.6 Å². The van der Waals surface area contributed by atoms with Gasteiger partial charge >= 0.3 is 0 Å². The van der Waals surface area contributed by atoms with Gasteiger partial charge in [0.25, 0.3) is 0 Å². The zero-order chi connectivity index (χ0) is 14.1. The number of halogens is 3. The molecule has 0 radical (unpaired) electrons. The third-order valence-electron chi connectivity index (χ3n) is 2.49. The first-order chi connectivity index (χ1) is 9.15. The largest absolute Gasteiger partial charge is 0.383 e. The smallest absolute Gasteiger partial charge is 0.224 e. The average molecular weight is 309 g/mol. The van der Waals surface area contributed by atoms with E-state index in [1.54, 1.807) is 7.11 Å². The molecule has 20 heavy (non-hydrogen) atoms. The van der Waals surface area contributed by atoms with Gasteiger partial charge in [-0.25, -0.2) is 8.78 Å². The second kappa shape index (κ2) is 10.5. The summed E-state index contributed by atoms with van der Waals surface area (Å²) in [6.07, 6.45) is -0.165. The first-order valence-corrected chi connectivity index (χ1v) is 6.04. The van der Waals surface area contributed by atoms with Crippen LogP contribution in [-0.4, -0.2) is 39.3 Å². The third kappa shape index (κ3) is 6.79. The minimum Gasteiger partial charge on any atom is -0.383 e. The molecule has 1 rings (SSSR count). The fourth-order valence-corrected chi connectivity index (χ4v) is 1.51. The summed E-state index contributed by atoms with van der Waals surface area (Å²) in [6.45, 7) is 2.33. The van der Waals surface area contributed by atoms with Gasteiger partial charge in [0.1, 0.15) is 0 Å². The number of amides is 1. The maximum absolute atomic E-state index is 13.3. The third-order valence-corrected chi connectivity index (χ3v) is 2.49. The molecule has 0 aliphatic heterocycles. The number of rotatable bonds is 8. The Kier molecular flexibility index (Phi) is 9.88. The van der Waals surface area contributed by atoms with Crippen LogP contribution in [0.2, 0.25) is 0 Å². The molecule has 0 saturated heterocycles. The number of hydrogen-bond acceptors (Lipinski definition) is 3. The van der Waals surface area contributed by atoms with Gasteiger partial charge in [0.2, 0.25) is 5.91 Å². The molecule has 0 aromatic heterocycles. The molecule has 0 aliphatic rings. The number of hydrogen-bond donors (Lipinski definition) is 2. The van der Waals surface area contributed by atoms with E-state index in [2.05, 4.69) is 10.6 Å². The predicted molar refractivity (Wildman–Crippen MR) is 75.1 cm³/mol. The SMILES string of the molecule is COCCNCCNC(=O)Cc1cccc(F)c1F.Cl. The van der Waals surface area contributed by atoms with E-state index >= 15 is 0 Å². The van der Waals surface area contributed by atoms with E-state index < -0.39 is 11.6 Å². The minimum atomic E-state index is -0.962. The first-order valence-electron chi connectivity index (χ1n) is 6.04. The van der Waals surface area contributed by atoms with Gasteiger partial charge < -0.3 is 15.4 Å². The first kappa shape index (κ1) is 18.8. The zero-order valence-corrected chi connectivity index (χ0v) is 12.1. The van der Waals surface area contributed by atoms with Crippen molar-refractivity contribution >= 4 is 18.3 Å². The lowest BCUT2D eigenvalue weighted by Crippen LogP contribution is -2.34. The number of carbonyl (C=O) groups is 1. The van der Waals surface area contributed by atoms with Crippen LogP contribution >= 0.6 is 12.4 Å². The van der Waals surface area contributed by atoms with Gasteiger partial charge in [-0.2, -0.15) is 0 Å². The van der Waals surface area contributed by atoms with Gasteiger partial charge in [-0.3, -0.25) is 4.79 Å². The van der Waals surface area contributed by atoms with Crippen molar-refractivity contribution in [3.05, 3.63) is 35.4 Å². The lowest BCUT2D eigenvalue weighted by atomic mass is 10.1. The van der Waals surface area contributed by atoms with E-state index in [4.69, 9.17) is 4.74 Å². The standard InChI is InChI=1S/C13H18F2N2O2.ClH/c1-19-8-7-16-5-6-17-12(18)9-10-3-2-4-11(14)13(10)15;/h2-4,16H,5-9H2,1H3,(H,17,18);1H. The fraction of sp³-hybridized carbons (Fsp3) is 0.462. The van der Waals surface area contributed by atoms with Gasteiger partial charge in [-0.1, -0.05) is 12.1 Å². The maximum Gasteiger partial charge on any atom is 0.224 e. The molecule has 114 valence electrons. The maximum atomic E-state index is 13.3. The van der Waals surface area contributed by atoms with Crippen LogP contribution in [0.3, 0.4) is 0 Å². The van der Waals surface area contributed by atoms with Crippen molar-refractivity contribution in [3.63, 3.8) is 0 Å². The van der Waals surface area contributed by atoms with E-state index in [1.165, 1.54) is 12.1 Å². The molecule has 7 heteroatoms. The predicted octanol–water partition coefficient (Wildman–Crippen LogP) is 1.28. The van der Waals surface area contributed by atoms with Crippen molar-refractivity contribution in [2.24, 2.45) is 0 Å². The monoisotopic (exact) mass is 308 g/mol. The van der Waals surface area contributed by atoms with Crippen molar-refractivity contribution in [1.29, 1.82) is 0 Å². The molecule has 2 N–H and O–H groups in total. The zero-order valence-electron chi connectivity index (χ0n) is 11.2. The molecule has 4 nitrogen and oxygen atoms in total. The highest BCUT2D eigenvalue weighted by atomic mass is 35.5. The quantitative estimate of drug-likeness (QED) is 0.711. The minimum absolute atomic E-state index is 0. The Balaban J connectivity index is 0.00000361. The topological polar surface area (TPSA) is 50.4 Å². The van der Waals surface area contributed by atoms with Crippen LogP contribution in [0.15, 0.2) is 18.2 Å². The van der Waals surface area contributed by atoms with Crippen molar-refractivity contribution in [1.82, 2.24) is 10.6 Å². The van der Waals surface area contributed by atoms with Crippen molar-refractivity contribution in [3.8, 4) is 0 Å². The summed E-state index contributed by atoms with van der Waals surface area (Å²) in [7, 11) is 1.61. The number of methoxy groups -OCH3 is 1. The van der Waals surface area contributed by atoms with E-state index in [0.29, 0.717) is 26.2 Å². The molecule has 0 unspecified atom stereocenters. The van der Waals surface area contributed by atoms with Gasteiger partial charge in [0, 0.05) is 32.3 Å². The van der Waals surface area contributed by atoms with Gasteiger partial charge in [-0.05, 0) is 6.07 Å². The second-order valence-corrected chi connectivity index (χ2v) is 3.98. The average Bonchev–Trinajstić information content (AvgIpc) is 2.39. The molecule has 0 atom stereocenters. The molecule has 0 heterocycles. The number of carbonyl (C=O) groups excluding carboxylic acids is 1. The molecule has 0 bridgehead atoms. The summed E-state index contributed by atoms with van der Waals surface area (Å²) in [6, 6.07) is 3.80. The Bertz CT molecular complexity index is 419. The lowest BCUT2D eigenvalue weighted by Gasteiger charge is -2.07. The van der Waals surface area contributed by atoms with Crippen molar-refractivity contribution < 1.29 is 18.3 Å². The fourth-order valence-electron chi connectivity index (χ4n) is 1.51. The molecule has 0 fully saturated rings. The molecule has 0 spiro atoms. The Morgan fingerprint density at radius 2 is 2.00 bits per heavy atom. The molecule has 0 saturated carbocycles. The molecule has 1 aromatic rings. The van der Waals surface area contributed by atoms with E-state index in [9.17, 15) is 13.6 Å². The molecular weight excluding hydrogens is 290 g/mol. The Hall–Kier alpha value is -1.24. The van der Waals surface area contributed by atoms with Crippen LogP contribution in [0.4, 0.5) is 8.78 Å². The van der Waals surface area contributed by atoms with Crippen LogP contribution in [0.1, 0.15) is 5.56 Å². The summed E-state index contributed by atoms with van der Waals surface area (Å²) in [5.74, 6) is -2.24.